The van der Waals surface area contributed by atoms with Crippen LogP contribution in [0.15, 0.2) is 30.3 Å². The maximum absolute atomic E-state index is 12.6. The molecule has 0 aliphatic carbocycles. The highest BCUT2D eigenvalue weighted by atomic mass is 35.5. The average molecular weight is 451 g/mol. The number of carbonyl (C=O) groups is 1. The zero-order chi connectivity index (χ0) is 18.0. The maximum Gasteiger partial charge on any atom is 0.244 e. The summed E-state index contributed by atoms with van der Waals surface area (Å²) in [6.07, 6.45) is 0. The minimum atomic E-state index is -0.574. The maximum atomic E-state index is 12.6. The molecule has 1 aliphatic rings. The lowest BCUT2D eigenvalue weighted by Crippen LogP contribution is -2.50. The molecule has 1 atom stereocenters. The summed E-state index contributed by atoms with van der Waals surface area (Å²) < 4.78 is 1.93. The summed E-state index contributed by atoms with van der Waals surface area (Å²) in [5.74, 6) is 0.0135. The van der Waals surface area contributed by atoms with Crippen LogP contribution < -0.4 is 5.73 Å². The van der Waals surface area contributed by atoms with Crippen LogP contribution in [0.4, 0.5) is 0 Å². The van der Waals surface area contributed by atoms with Gasteiger partial charge in [0, 0.05) is 51.0 Å². The van der Waals surface area contributed by atoms with E-state index < -0.39 is 6.04 Å². The van der Waals surface area contributed by atoms with Crippen LogP contribution in [0.25, 0.3) is 0 Å². The van der Waals surface area contributed by atoms with Crippen LogP contribution in [0.3, 0.4) is 0 Å². The van der Waals surface area contributed by atoms with Crippen LogP contribution in [0, 0.1) is 13.8 Å². The van der Waals surface area contributed by atoms with Gasteiger partial charge in [0.1, 0.15) is 6.04 Å². The Morgan fingerprint density at radius 3 is 2.14 bits per heavy atom. The molecule has 1 aromatic heterocycles. The van der Waals surface area contributed by atoms with Crippen LogP contribution in [0.5, 0.6) is 0 Å². The smallest absolute Gasteiger partial charge is 0.244 e. The number of rotatable bonds is 4. The summed E-state index contributed by atoms with van der Waals surface area (Å²) in [4.78, 5) is 16.9. The zero-order valence-electron chi connectivity index (χ0n) is 16.5. The number of aromatic nitrogens is 2. The first-order valence-corrected chi connectivity index (χ1v) is 8.78. The molecule has 28 heavy (non-hydrogen) atoms. The number of amides is 1. The Balaban J connectivity index is 0.00000243. The Hall–Kier alpha value is -1.31. The van der Waals surface area contributed by atoms with Gasteiger partial charge in [-0.05, 0) is 19.4 Å². The Morgan fingerprint density at radius 2 is 1.64 bits per heavy atom. The normalized spacial score (nSPS) is 15.1. The molecule has 3 rings (SSSR count). The minimum Gasteiger partial charge on any atom is -0.338 e. The second-order valence-electron chi connectivity index (χ2n) is 6.76. The van der Waals surface area contributed by atoms with E-state index in [-0.39, 0.29) is 43.1 Å². The molecule has 0 spiro atoms. The summed E-state index contributed by atoms with van der Waals surface area (Å²) in [6, 6.07) is 9.01. The first-order chi connectivity index (χ1) is 12.0. The van der Waals surface area contributed by atoms with Crippen LogP contribution in [-0.2, 0) is 18.4 Å². The third kappa shape index (κ3) is 5.84. The van der Waals surface area contributed by atoms with Gasteiger partial charge in [-0.15, -0.1) is 37.2 Å². The van der Waals surface area contributed by atoms with Crippen molar-refractivity contribution in [1.29, 1.82) is 0 Å². The average Bonchev–Trinajstić information content (AvgIpc) is 2.88. The Kier molecular flexibility index (Phi) is 11.1. The minimum absolute atomic E-state index is 0. The second kappa shape index (κ2) is 11.6. The van der Waals surface area contributed by atoms with Crippen LogP contribution >= 0.6 is 37.2 Å². The molecule has 2 heterocycles. The fraction of sp³-hybridized carbons (Fsp3) is 0.474. The van der Waals surface area contributed by atoms with Gasteiger partial charge in [-0.3, -0.25) is 14.4 Å². The van der Waals surface area contributed by atoms with E-state index in [2.05, 4.69) is 23.8 Å². The van der Waals surface area contributed by atoms with Crippen LogP contribution in [-0.4, -0.2) is 51.7 Å². The molecule has 1 amide bonds. The van der Waals surface area contributed by atoms with Gasteiger partial charge in [-0.2, -0.15) is 5.10 Å². The molecule has 1 fully saturated rings. The number of halogens is 3. The number of carbonyl (C=O) groups excluding carboxylic acids is 1. The van der Waals surface area contributed by atoms with E-state index in [0.717, 1.165) is 44.0 Å². The Bertz CT molecular complexity index is 746. The first-order valence-electron chi connectivity index (χ1n) is 8.78. The summed E-state index contributed by atoms with van der Waals surface area (Å²) >= 11 is 0. The number of nitrogens with two attached hydrogens (primary N) is 1. The van der Waals surface area contributed by atoms with E-state index in [1.807, 2.05) is 47.0 Å². The highest BCUT2D eigenvalue weighted by Gasteiger charge is 2.26. The molecule has 0 saturated carbocycles. The molecule has 158 valence electrons. The molecule has 2 N–H and O–H groups in total. The third-order valence-corrected chi connectivity index (χ3v) is 5.15. The summed E-state index contributed by atoms with van der Waals surface area (Å²) in [5.41, 5.74) is 10.6. The molecular weight excluding hydrogens is 421 g/mol. The van der Waals surface area contributed by atoms with E-state index in [1.54, 1.807) is 0 Å². The van der Waals surface area contributed by atoms with Gasteiger partial charge in [0.25, 0.3) is 0 Å². The molecule has 6 nitrogen and oxygen atoms in total. The first kappa shape index (κ1) is 26.7. The lowest BCUT2D eigenvalue weighted by atomic mass is 10.1. The van der Waals surface area contributed by atoms with Crippen molar-refractivity contribution in [3.05, 3.63) is 52.8 Å². The largest absolute Gasteiger partial charge is 0.338 e. The third-order valence-electron chi connectivity index (χ3n) is 5.15. The highest BCUT2D eigenvalue weighted by Crippen LogP contribution is 2.18. The van der Waals surface area contributed by atoms with Crippen molar-refractivity contribution in [3.63, 3.8) is 0 Å². The lowest BCUT2D eigenvalue weighted by molar-refractivity contribution is -0.134. The molecule has 0 radical (unpaired) electrons. The zero-order valence-corrected chi connectivity index (χ0v) is 18.9. The van der Waals surface area contributed by atoms with E-state index >= 15 is 0 Å². The molecule has 2 aromatic rings. The van der Waals surface area contributed by atoms with Crippen molar-refractivity contribution in [3.8, 4) is 0 Å². The fourth-order valence-electron chi connectivity index (χ4n) is 3.40. The quantitative estimate of drug-likeness (QED) is 0.777. The number of piperazine rings is 1. The van der Waals surface area contributed by atoms with E-state index in [4.69, 9.17) is 5.73 Å². The van der Waals surface area contributed by atoms with E-state index in [1.165, 1.54) is 11.3 Å². The number of hydrogen-bond donors (Lipinski definition) is 1. The highest BCUT2D eigenvalue weighted by molar-refractivity contribution is 5.86. The summed E-state index contributed by atoms with van der Waals surface area (Å²) in [6.45, 7) is 8.21. The van der Waals surface area contributed by atoms with Gasteiger partial charge in [0.15, 0.2) is 0 Å². The predicted octanol–water partition coefficient (Wildman–Crippen LogP) is 2.65. The number of aryl methyl sites for hydroxylation is 2. The number of nitrogens with zero attached hydrogens (tertiary/aromatic N) is 4. The second-order valence-corrected chi connectivity index (χ2v) is 6.76. The standard InChI is InChI=1S/C19H27N5O.3ClH/c1-14-17(15(2)22(3)21-14)13-23-9-11-24(12-10-23)19(25)18(20)16-7-5-4-6-8-16;;;/h4-8,18H,9-13,20H2,1-3H3;3*1H. The Morgan fingerprint density at radius 1 is 1.07 bits per heavy atom. The molecular formula is C19H30Cl3N5O. The lowest BCUT2D eigenvalue weighted by Gasteiger charge is -2.36. The molecule has 0 bridgehead atoms. The van der Waals surface area contributed by atoms with Gasteiger partial charge < -0.3 is 10.6 Å². The molecule has 9 heteroatoms. The van der Waals surface area contributed by atoms with E-state index in [9.17, 15) is 4.79 Å². The van der Waals surface area contributed by atoms with Gasteiger partial charge in [-0.25, -0.2) is 0 Å². The fourth-order valence-corrected chi connectivity index (χ4v) is 3.40. The monoisotopic (exact) mass is 449 g/mol. The van der Waals surface area contributed by atoms with Crippen molar-refractivity contribution >= 4 is 43.1 Å². The predicted molar refractivity (Wildman–Crippen MR) is 120 cm³/mol. The van der Waals surface area contributed by atoms with Crippen LogP contribution in [0.2, 0.25) is 0 Å². The summed E-state index contributed by atoms with van der Waals surface area (Å²) in [5, 5.41) is 4.48. The molecule has 1 saturated heterocycles. The number of hydrogen-bond acceptors (Lipinski definition) is 4. The van der Waals surface area contributed by atoms with Crippen molar-refractivity contribution < 1.29 is 4.79 Å². The number of benzene rings is 1. The molecule has 1 aliphatic heterocycles. The van der Waals surface area contributed by atoms with E-state index in [0.29, 0.717) is 0 Å². The van der Waals surface area contributed by atoms with Crippen molar-refractivity contribution in [2.45, 2.75) is 26.4 Å². The Labute approximate surface area is 185 Å². The van der Waals surface area contributed by atoms with Gasteiger partial charge in [-0.1, -0.05) is 30.3 Å². The topological polar surface area (TPSA) is 67.4 Å². The van der Waals surface area contributed by atoms with Gasteiger partial charge in [0.2, 0.25) is 5.91 Å². The van der Waals surface area contributed by atoms with Gasteiger partial charge >= 0.3 is 0 Å². The SMILES string of the molecule is Cc1nn(C)c(C)c1CN1CCN(C(=O)C(N)c2ccccc2)CC1.Cl.Cl.Cl. The molecule has 1 aromatic carbocycles. The molecule has 1 unspecified atom stereocenters. The van der Waals surface area contributed by atoms with Crippen molar-refractivity contribution in [2.75, 3.05) is 26.2 Å². The van der Waals surface area contributed by atoms with Crippen LogP contribution in [0.1, 0.15) is 28.6 Å². The van der Waals surface area contributed by atoms with Gasteiger partial charge in [0.05, 0.1) is 5.69 Å². The van der Waals surface area contributed by atoms with Crippen molar-refractivity contribution in [1.82, 2.24) is 19.6 Å². The van der Waals surface area contributed by atoms with Crippen molar-refractivity contribution in [2.24, 2.45) is 12.8 Å². The summed E-state index contributed by atoms with van der Waals surface area (Å²) in [7, 11) is 1.98.